The number of nitrogens with zero attached hydrogens (tertiary/aromatic N) is 2. The molecule has 1 aromatic carbocycles. The zero-order valence-electron chi connectivity index (χ0n) is 9.39. The Hall–Kier alpha value is -1.71. The smallest absolute Gasteiger partial charge is 0.219 e. The largest absolute Gasteiger partial charge is 0.506 e. The van der Waals surface area contributed by atoms with Gasteiger partial charge in [-0.25, -0.2) is 0 Å². The van der Waals surface area contributed by atoms with Crippen molar-refractivity contribution in [2.45, 2.75) is 6.92 Å². The first-order valence-corrected chi connectivity index (χ1v) is 5.47. The Morgan fingerprint density at radius 3 is 2.38 bits per heavy atom. The summed E-state index contributed by atoms with van der Waals surface area (Å²) in [5.41, 5.74) is 0.853. The summed E-state index contributed by atoms with van der Waals surface area (Å²) in [5, 5.41) is 9.72. The van der Waals surface area contributed by atoms with Crippen LogP contribution < -0.4 is 4.90 Å². The summed E-state index contributed by atoms with van der Waals surface area (Å²) in [6.45, 7) is 4.59. The van der Waals surface area contributed by atoms with Crippen LogP contribution in [0.15, 0.2) is 24.3 Å². The fraction of sp³-hybridized carbons (Fsp3) is 0.417. The van der Waals surface area contributed by atoms with E-state index in [9.17, 15) is 9.90 Å². The second kappa shape index (κ2) is 4.43. The molecule has 0 bridgehead atoms. The number of carbonyl (C=O) groups is 1. The Balaban J connectivity index is 2.05. The molecule has 0 saturated carbocycles. The third kappa shape index (κ3) is 2.10. The minimum Gasteiger partial charge on any atom is -0.506 e. The molecule has 1 aliphatic rings. The Morgan fingerprint density at radius 1 is 1.19 bits per heavy atom. The van der Waals surface area contributed by atoms with Gasteiger partial charge in [0.15, 0.2) is 0 Å². The molecule has 4 heteroatoms. The maximum Gasteiger partial charge on any atom is 0.219 e. The molecule has 1 fully saturated rings. The number of amides is 1. The number of carbonyl (C=O) groups excluding carboxylic acids is 1. The zero-order valence-corrected chi connectivity index (χ0v) is 9.39. The minimum absolute atomic E-state index is 0.122. The van der Waals surface area contributed by atoms with Gasteiger partial charge in [0.05, 0.1) is 5.69 Å². The van der Waals surface area contributed by atoms with Gasteiger partial charge in [-0.05, 0) is 12.1 Å². The standard InChI is InChI=1S/C12H16N2O2/c1-10(15)13-6-8-14(9-7-13)11-4-2-3-5-12(11)16/h2-5,16H,6-9H2,1H3. The molecular formula is C12H16N2O2. The van der Waals surface area contributed by atoms with Crippen LogP contribution in [0.2, 0.25) is 0 Å². The summed E-state index contributed by atoms with van der Waals surface area (Å²) in [7, 11) is 0. The number of piperazine rings is 1. The van der Waals surface area contributed by atoms with Crippen molar-refractivity contribution in [1.82, 2.24) is 4.90 Å². The highest BCUT2D eigenvalue weighted by molar-refractivity contribution is 5.73. The number of benzene rings is 1. The van der Waals surface area contributed by atoms with Crippen molar-refractivity contribution in [3.8, 4) is 5.75 Å². The molecule has 86 valence electrons. The topological polar surface area (TPSA) is 43.8 Å². The van der Waals surface area contributed by atoms with Gasteiger partial charge in [0.25, 0.3) is 0 Å². The summed E-state index contributed by atoms with van der Waals surface area (Å²) in [6, 6.07) is 7.31. The van der Waals surface area contributed by atoms with Gasteiger partial charge < -0.3 is 14.9 Å². The molecule has 0 atom stereocenters. The minimum atomic E-state index is 0.122. The summed E-state index contributed by atoms with van der Waals surface area (Å²) in [5.74, 6) is 0.427. The fourth-order valence-electron chi connectivity index (χ4n) is 1.99. The predicted molar refractivity (Wildman–Crippen MR) is 62.6 cm³/mol. The van der Waals surface area contributed by atoms with Gasteiger partial charge in [0.1, 0.15) is 5.75 Å². The van der Waals surface area contributed by atoms with Crippen LogP contribution in [0.5, 0.6) is 5.75 Å². The van der Waals surface area contributed by atoms with Gasteiger partial charge in [0.2, 0.25) is 5.91 Å². The van der Waals surface area contributed by atoms with E-state index in [1.807, 2.05) is 23.1 Å². The van der Waals surface area contributed by atoms with Crippen LogP contribution in [-0.2, 0) is 4.79 Å². The SMILES string of the molecule is CC(=O)N1CCN(c2ccccc2O)CC1. The second-order valence-corrected chi connectivity index (χ2v) is 3.98. The molecule has 1 saturated heterocycles. The Kier molecular flexibility index (Phi) is 2.99. The summed E-state index contributed by atoms with van der Waals surface area (Å²) < 4.78 is 0. The quantitative estimate of drug-likeness (QED) is 0.769. The van der Waals surface area contributed by atoms with Crippen LogP contribution in [-0.4, -0.2) is 42.1 Å². The average molecular weight is 220 g/mol. The van der Waals surface area contributed by atoms with Gasteiger partial charge in [-0.3, -0.25) is 4.79 Å². The van der Waals surface area contributed by atoms with E-state index in [0.717, 1.165) is 31.9 Å². The number of hydrogen-bond acceptors (Lipinski definition) is 3. The molecule has 16 heavy (non-hydrogen) atoms. The van der Waals surface area contributed by atoms with Gasteiger partial charge in [0, 0.05) is 33.1 Å². The Morgan fingerprint density at radius 2 is 1.81 bits per heavy atom. The summed E-state index contributed by atoms with van der Waals surface area (Å²) in [6.07, 6.45) is 0. The highest BCUT2D eigenvalue weighted by atomic mass is 16.3. The average Bonchev–Trinajstić information content (AvgIpc) is 2.30. The third-order valence-corrected chi connectivity index (χ3v) is 2.95. The van der Waals surface area contributed by atoms with E-state index in [1.54, 1.807) is 13.0 Å². The lowest BCUT2D eigenvalue weighted by molar-refractivity contribution is -0.129. The Bertz CT molecular complexity index is 384. The van der Waals surface area contributed by atoms with E-state index in [0.29, 0.717) is 5.75 Å². The van der Waals surface area contributed by atoms with Crippen LogP contribution in [0, 0.1) is 0 Å². The maximum atomic E-state index is 11.2. The number of hydrogen-bond donors (Lipinski definition) is 1. The molecule has 1 aliphatic heterocycles. The molecule has 2 rings (SSSR count). The van der Waals surface area contributed by atoms with Crippen molar-refractivity contribution in [2.75, 3.05) is 31.1 Å². The van der Waals surface area contributed by atoms with E-state index in [1.165, 1.54) is 0 Å². The lowest BCUT2D eigenvalue weighted by Crippen LogP contribution is -2.48. The van der Waals surface area contributed by atoms with Gasteiger partial charge >= 0.3 is 0 Å². The second-order valence-electron chi connectivity index (χ2n) is 3.98. The van der Waals surface area contributed by atoms with Crippen molar-refractivity contribution in [2.24, 2.45) is 0 Å². The van der Waals surface area contributed by atoms with Crippen LogP contribution in [0.3, 0.4) is 0 Å². The van der Waals surface area contributed by atoms with Crippen molar-refractivity contribution in [3.05, 3.63) is 24.3 Å². The first-order chi connectivity index (χ1) is 7.68. The molecule has 0 unspecified atom stereocenters. The van der Waals surface area contributed by atoms with Crippen LogP contribution >= 0.6 is 0 Å². The predicted octanol–water partition coefficient (Wildman–Crippen LogP) is 1.06. The van der Waals surface area contributed by atoms with E-state index >= 15 is 0 Å². The summed E-state index contributed by atoms with van der Waals surface area (Å²) >= 11 is 0. The first kappa shape index (κ1) is 10.8. The van der Waals surface area contributed by atoms with Crippen LogP contribution in [0.25, 0.3) is 0 Å². The lowest BCUT2D eigenvalue weighted by Gasteiger charge is -2.35. The van der Waals surface area contributed by atoms with Gasteiger partial charge in [-0.1, -0.05) is 12.1 Å². The number of phenolic OH excluding ortho intramolecular Hbond substituents is 1. The molecule has 0 aromatic heterocycles. The fourth-order valence-corrected chi connectivity index (χ4v) is 1.99. The molecule has 4 nitrogen and oxygen atoms in total. The molecular weight excluding hydrogens is 204 g/mol. The summed E-state index contributed by atoms with van der Waals surface area (Å²) in [4.78, 5) is 15.1. The van der Waals surface area contributed by atoms with E-state index < -0.39 is 0 Å². The molecule has 0 radical (unpaired) electrons. The monoisotopic (exact) mass is 220 g/mol. The van der Waals surface area contributed by atoms with Gasteiger partial charge in [-0.15, -0.1) is 0 Å². The molecule has 1 aromatic rings. The van der Waals surface area contributed by atoms with E-state index in [-0.39, 0.29) is 5.91 Å². The van der Waals surface area contributed by atoms with E-state index in [4.69, 9.17) is 0 Å². The van der Waals surface area contributed by atoms with Crippen LogP contribution in [0.1, 0.15) is 6.92 Å². The molecule has 0 spiro atoms. The lowest BCUT2D eigenvalue weighted by atomic mass is 10.2. The van der Waals surface area contributed by atoms with Crippen molar-refractivity contribution < 1.29 is 9.90 Å². The normalized spacial score (nSPS) is 16.3. The molecule has 1 heterocycles. The number of phenols is 1. The highest BCUT2D eigenvalue weighted by Crippen LogP contribution is 2.27. The maximum absolute atomic E-state index is 11.2. The zero-order chi connectivity index (χ0) is 11.5. The number of aromatic hydroxyl groups is 1. The first-order valence-electron chi connectivity index (χ1n) is 5.47. The van der Waals surface area contributed by atoms with E-state index in [2.05, 4.69) is 4.90 Å². The van der Waals surface area contributed by atoms with Crippen molar-refractivity contribution in [3.63, 3.8) is 0 Å². The highest BCUT2D eigenvalue weighted by Gasteiger charge is 2.19. The third-order valence-electron chi connectivity index (χ3n) is 2.95. The van der Waals surface area contributed by atoms with Gasteiger partial charge in [-0.2, -0.15) is 0 Å². The van der Waals surface area contributed by atoms with Crippen molar-refractivity contribution >= 4 is 11.6 Å². The number of anilines is 1. The Labute approximate surface area is 95.1 Å². The molecule has 1 N–H and O–H groups in total. The molecule has 0 aliphatic carbocycles. The van der Waals surface area contributed by atoms with Crippen molar-refractivity contribution in [1.29, 1.82) is 0 Å². The van der Waals surface area contributed by atoms with Crippen LogP contribution in [0.4, 0.5) is 5.69 Å². The number of para-hydroxylation sites is 2. The number of rotatable bonds is 1. The molecule has 1 amide bonds.